The summed E-state index contributed by atoms with van der Waals surface area (Å²) in [7, 11) is 0. The topological polar surface area (TPSA) is 26.0 Å². The van der Waals surface area contributed by atoms with Gasteiger partial charge in [-0.05, 0) is 53.2 Å². The Labute approximate surface area is 119 Å². The standard InChI is InChI=1S/C14H13BrFNS/c15-11-4-1-2-6-14(11)18-13-7-3-5-12(16)10(13)8-9-17/h1-7H,8-9,17H2. The molecule has 94 valence electrons. The largest absolute Gasteiger partial charge is 0.330 e. The lowest BCUT2D eigenvalue weighted by Gasteiger charge is -2.10. The smallest absolute Gasteiger partial charge is 0.127 e. The maximum Gasteiger partial charge on any atom is 0.127 e. The van der Waals surface area contributed by atoms with Crippen molar-refractivity contribution in [3.05, 3.63) is 58.3 Å². The van der Waals surface area contributed by atoms with E-state index in [9.17, 15) is 4.39 Å². The summed E-state index contributed by atoms with van der Waals surface area (Å²) in [6.07, 6.45) is 0.555. The van der Waals surface area contributed by atoms with Crippen molar-refractivity contribution in [1.82, 2.24) is 0 Å². The van der Waals surface area contributed by atoms with Crippen LogP contribution in [0.3, 0.4) is 0 Å². The Kier molecular flexibility index (Phi) is 4.80. The van der Waals surface area contributed by atoms with E-state index in [-0.39, 0.29) is 5.82 Å². The van der Waals surface area contributed by atoms with Gasteiger partial charge in [0, 0.05) is 19.8 Å². The third-order valence-corrected chi connectivity index (χ3v) is 4.66. The first kappa shape index (κ1) is 13.6. The maximum absolute atomic E-state index is 13.8. The molecule has 0 unspecified atom stereocenters. The van der Waals surface area contributed by atoms with E-state index in [2.05, 4.69) is 15.9 Å². The summed E-state index contributed by atoms with van der Waals surface area (Å²) in [5.74, 6) is -0.183. The van der Waals surface area contributed by atoms with Crippen molar-refractivity contribution in [2.45, 2.75) is 16.2 Å². The summed E-state index contributed by atoms with van der Waals surface area (Å²) < 4.78 is 14.8. The molecule has 0 fully saturated rings. The van der Waals surface area contributed by atoms with Crippen molar-refractivity contribution in [2.75, 3.05) is 6.54 Å². The van der Waals surface area contributed by atoms with Crippen LogP contribution < -0.4 is 5.73 Å². The lowest BCUT2D eigenvalue weighted by atomic mass is 10.1. The molecule has 0 aliphatic rings. The fourth-order valence-corrected chi connectivity index (χ4v) is 3.21. The molecule has 0 saturated heterocycles. The SMILES string of the molecule is NCCc1c(F)cccc1Sc1ccccc1Br. The predicted octanol–water partition coefficient (Wildman–Crippen LogP) is 4.24. The van der Waals surface area contributed by atoms with Gasteiger partial charge in [-0.25, -0.2) is 4.39 Å². The zero-order valence-electron chi connectivity index (χ0n) is 9.70. The average Bonchev–Trinajstić information content (AvgIpc) is 2.36. The molecule has 0 atom stereocenters. The Morgan fingerprint density at radius 2 is 1.78 bits per heavy atom. The number of benzene rings is 2. The van der Waals surface area contributed by atoms with Crippen LogP contribution in [0.5, 0.6) is 0 Å². The Balaban J connectivity index is 2.34. The minimum absolute atomic E-state index is 0.183. The highest BCUT2D eigenvalue weighted by Crippen LogP contribution is 2.35. The van der Waals surface area contributed by atoms with Crippen LogP contribution >= 0.6 is 27.7 Å². The molecule has 2 aromatic rings. The molecule has 1 nitrogen and oxygen atoms in total. The molecule has 18 heavy (non-hydrogen) atoms. The number of halogens is 2. The van der Waals surface area contributed by atoms with Crippen molar-refractivity contribution < 1.29 is 4.39 Å². The monoisotopic (exact) mass is 325 g/mol. The van der Waals surface area contributed by atoms with E-state index in [0.29, 0.717) is 18.5 Å². The van der Waals surface area contributed by atoms with Gasteiger partial charge in [-0.15, -0.1) is 0 Å². The lowest BCUT2D eigenvalue weighted by Crippen LogP contribution is -2.05. The summed E-state index contributed by atoms with van der Waals surface area (Å²) in [5.41, 5.74) is 6.23. The highest BCUT2D eigenvalue weighted by atomic mass is 79.9. The van der Waals surface area contributed by atoms with Gasteiger partial charge in [0.1, 0.15) is 5.82 Å². The molecule has 0 saturated carbocycles. The van der Waals surface area contributed by atoms with Crippen molar-refractivity contribution in [3.63, 3.8) is 0 Å². The zero-order valence-corrected chi connectivity index (χ0v) is 12.1. The highest BCUT2D eigenvalue weighted by Gasteiger charge is 2.10. The van der Waals surface area contributed by atoms with Gasteiger partial charge in [0.25, 0.3) is 0 Å². The summed E-state index contributed by atoms with van der Waals surface area (Å²) in [6.45, 7) is 0.449. The van der Waals surface area contributed by atoms with Crippen molar-refractivity contribution in [2.24, 2.45) is 5.73 Å². The molecule has 0 radical (unpaired) electrons. The number of hydrogen-bond acceptors (Lipinski definition) is 2. The molecule has 0 amide bonds. The number of nitrogens with two attached hydrogens (primary N) is 1. The number of rotatable bonds is 4. The van der Waals surface area contributed by atoms with E-state index < -0.39 is 0 Å². The molecule has 0 aliphatic heterocycles. The van der Waals surface area contributed by atoms with Crippen LogP contribution in [0.2, 0.25) is 0 Å². The minimum atomic E-state index is -0.183. The fourth-order valence-electron chi connectivity index (χ4n) is 1.67. The molecule has 4 heteroatoms. The molecule has 0 spiro atoms. The van der Waals surface area contributed by atoms with Gasteiger partial charge >= 0.3 is 0 Å². The first-order chi connectivity index (χ1) is 8.72. The normalized spacial score (nSPS) is 10.6. The van der Waals surface area contributed by atoms with Crippen LogP contribution in [0.25, 0.3) is 0 Å². The van der Waals surface area contributed by atoms with Crippen molar-refractivity contribution in [3.8, 4) is 0 Å². The van der Waals surface area contributed by atoms with Crippen LogP contribution in [0.4, 0.5) is 4.39 Å². The molecule has 0 heterocycles. The second kappa shape index (κ2) is 6.36. The van der Waals surface area contributed by atoms with Gasteiger partial charge < -0.3 is 5.73 Å². The van der Waals surface area contributed by atoms with Crippen LogP contribution in [0.15, 0.2) is 56.7 Å². The maximum atomic E-state index is 13.8. The third kappa shape index (κ3) is 3.13. The summed E-state index contributed by atoms with van der Waals surface area (Å²) in [6, 6.07) is 13.0. The second-order valence-electron chi connectivity index (χ2n) is 3.79. The van der Waals surface area contributed by atoms with Crippen LogP contribution in [-0.4, -0.2) is 6.54 Å². The summed E-state index contributed by atoms with van der Waals surface area (Å²) in [4.78, 5) is 1.99. The van der Waals surface area contributed by atoms with Gasteiger partial charge in [0.05, 0.1) is 0 Å². The molecule has 0 aromatic heterocycles. The third-order valence-electron chi connectivity index (χ3n) is 2.53. The van der Waals surface area contributed by atoms with Crippen LogP contribution in [0, 0.1) is 5.82 Å². The molecule has 2 N–H and O–H groups in total. The Morgan fingerprint density at radius 3 is 2.50 bits per heavy atom. The molecule has 0 bridgehead atoms. The summed E-state index contributed by atoms with van der Waals surface area (Å²) in [5, 5.41) is 0. The van der Waals surface area contributed by atoms with Crippen molar-refractivity contribution in [1.29, 1.82) is 0 Å². The molecule has 2 aromatic carbocycles. The van der Waals surface area contributed by atoms with Gasteiger partial charge in [0.2, 0.25) is 0 Å². The summed E-state index contributed by atoms with van der Waals surface area (Å²) >= 11 is 5.05. The van der Waals surface area contributed by atoms with E-state index in [0.717, 1.165) is 14.3 Å². The second-order valence-corrected chi connectivity index (χ2v) is 5.73. The first-order valence-electron chi connectivity index (χ1n) is 5.62. The zero-order chi connectivity index (χ0) is 13.0. The van der Waals surface area contributed by atoms with Crippen molar-refractivity contribution >= 4 is 27.7 Å². The number of hydrogen-bond donors (Lipinski definition) is 1. The highest BCUT2D eigenvalue weighted by molar-refractivity contribution is 9.10. The van der Waals surface area contributed by atoms with Gasteiger partial charge in [-0.3, -0.25) is 0 Å². The van der Waals surface area contributed by atoms with Gasteiger partial charge in [-0.2, -0.15) is 0 Å². The molecule has 2 rings (SSSR count). The molecule has 0 aliphatic carbocycles. The Hall–Kier alpha value is -0.840. The molecular formula is C14H13BrFNS. The van der Waals surface area contributed by atoms with E-state index in [1.54, 1.807) is 17.8 Å². The van der Waals surface area contributed by atoms with E-state index in [4.69, 9.17) is 5.73 Å². The van der Waals surface area contributed by atoms with E-state index in [1.165, 1.54) is 6.07 Å². The van der Waals surface area contributed by atoms with Gasteiger partial charge in [0.15, 0.2) is 0 Å². The first-order valence-corrected chi connectivity index (χ1v) is 7.23. The Bertz CT molecular complexity index is 545. The van der Waals surface area contributed by atoms with Gasteiger partial charge in [-0.1, -0.05) is 30.0 Å². The minimum Gasteiger partial charge on any atom is -0.330 e. The van der Waals surface area contributed by atoms with Crippen LogP contribution in [-0.2, 0) is 6.42 Å². The lowest BCUT2D eigenvalue weighted by molar-refractivity contribution is 0.603. The van der Waals surface area contributed by atoms with Crippen LogP contribution in [0.1, 0.15) is 5.56 Å². The molecular weight excluding hydrogens is 313 g/mol. The Morgan fingerprint density at radius 1 is 1.06 bits per heavy atom. The fraction of sp³-hybridized carbons (Fsp3) is 0.143. The average molecular weight is 326 g/mol. The predicted molar refractivity (Wildman–Crippen MR) is 77.4 cm³/mol. The van der Waals surface area contributed by atoms with E-state index in [1.807, 2.05) is 30.3 Å². The van der Waals surface area contributed by atoms with E-state index >= 15 is 0 Å². The quantitative estimate of drug-likeness (QED) is 0.909.